The number of nitrogens with one attached hydrogen (secondary N) is 2. The van der Waals surface area contributed by atoms with Crippen LogP contribution in [0.5, 0.6) is 5.75 Å². The van der Waals surface area contributed by atoms with Crippen LogP contribution >= 0.6 is 0 Å². The minimum Gasteiger partial charge on any atom is -0.506 e. The maximum absolute atomic E-state index is 11.1. The number of aromatic nitrogens is 1. The summed E-state index contributed by atoms with van der Waals surface area (Å²) in [5.41, 5.74) is 2.73. The average molecular weight is 285 g/mol. The molecule has 1 atom stereocenters. The molecule has 0 aliphatic rings. The van der Waals surface area contributed by atoms with E-state index < -0.39 is 0 Å². The highest BCUT2D eigenvalue weighted by molar-refractivity contribution is 5.88. The van der Waals surface area contributed by atoms with E-state index in [1.54, 1.807) is 12.1 Å². The van der Waals surface area contributed by atoms with Crippen molar-refractivity contribution in [3.8, 4) is 5.75 Å². The number of aromatic hydroxyl groups is 1. The highest BCUT2D eigenvalue weighted by Gasteiger charge is 2.06. The van der Waals surface area contributed by atoms with Crippen LogP contribution in [0, 0.1) is 0 Å². The molecule has 0 saturated heterocycles. The third-order valence-electron chi connectivity index (χ3n) is 3.11. The van der Waals surface area contributed by atoms with E-state index in [4.69, 9.17) is 0 Å². The Labute approximate surface area is 124 Å². The Balaban J connectivity index is 1.98. The Morgan fingerprint density at radius 3 is 2.81 bits per heavy atom. The summed E-state index contributed by atoms with van der Waals surface area (Å²) >= 11 is 0. The van der Waals surface area contributed by atoms with Crippen molar-refractivity contribution >= 4 is 11.6 Å². The number of amides is 1. The lowest BCUT2D eigenvalue weighted by Crippen LogP contribution is -2.19. The molecular formula is C16H19N3O2. The molecule has 1 unspecified atom stereocenters. The lowest BCUT2D eigenvalue weighted by molar-refractivity contribution is -0.114. The first-order valence-electron chi connectivity index (χ1n) is 6.79. The molecular weight excluding hydrogens is 266 g/mol. The first-order valence-corrected chi connectivity index (χ1v) is 6.79. The monoisotopic (exact) mass is 285 g/mol. The minimum absolute atomic E-state index is 0.0824. The van der Waals surface area contributed by atoms with Crippen molar-refractivity contribution in [3.63, 3.8) is 0 Å². The summed E-state index contributed by atoms with van der Waals surface area (Å²) in [7, 11) is 0. The third-order valence-corrected chi connectivity index (χ3v) is 3.11. The fraction of sp³-hybridized carbons (Fsp3) is 0.250. The van der Waals surface area contributed by atoms with E-state index in [-0.39, 0.29) is 17.7 Å². The molecule has 1 amide bonds. The predicted octanol–water partition coefficient (Wildman–Crippen LogP) is 2.60. The van der Waals surface area contributed by atoms with Gasteiger partial charge in [0.2, 0.25) is 5.91 Å². The maximum atomic E-state index is 11.1. The predicted molar refractivity (Wildman–Crippen MR) is 81.9 cm³/mol. The number of hydrogen-bond acceptors (Lipinski definition) is 4. The molecule has 0 aliphatic heterocycles. The van der Waals surface area contributed by atoms with Crippen molar-refractivity contribution in [2.45, 2.75) is 26.4 Å². The van der Waals surface area contributed by atoms with E-state index in [0.717, 1.165) is 16.9 Å². The molecule has 1 aromatic heterocycles. The number of benzene rings is 1. The fourth-order valence-electron chi connectivity index (χ4n) is 1.99. The molecule has 0 aliphatic carbocycles. The average Bonchev–Trinajstić information content (AvgIpc) is 2.46. The first kappa shape index (κ1) is 15.0. The Morgan fingerprint density at radius 1 is 1.33 bits per heavy atom. The largest absolute Gasteiger partial charge is 0.506 e. The zero-order valence-electron chi connectivity index (χ0n) is 12.1. The van der Waals surface area contributed by atoms with E-state index in [1.807, 2.05) is 31.2 Å². The standard InChI is InChI=1S/C16H19N3O2/c1-11(17-9-15-6-7-16(21)10-18-15)13-4-3-5-14(8-13)19-12(2)20/h3-8,10-11,17,21H,9H2,1-2H3,(H,19,20). The van der Waals surface area contributed by atoms with Gasteiger partial charge in [-0.15, -0.1) is 0 Å². The topological polar surface area (TPSA) is 74.2 Å². The summed E-state index contributed by atoms with van der Waals surface area (Å²) in [6.45, 7) is 4.14. The molecule has 5 nitrogen and oxygen atoms in total. The molecule has 21 heavy (non-hydrogen) atoms. The van der Waals surface area contributed by atoms with Gasteiger partial charge in [-0.25, -0.2) is 0 Å². The number of carbonyl (C=O) groups is 1. The Morgan fingerprint density at radius 2 is 2.14 bits per heavy atom. The molecule has 0 bridgehead atoms. The fourth-order valence-corrected chi connectivity index (χ4v) is 1.99. The van der Waals surface area contributed by atoms with Crippen LogP contribution in [0.2, 0.25) is 0 Å². The van der Waals surface area contributed by atoms with Gasteiger partial charge in [-0.1, -0.05) is 12.1 Å². The number of hydrogen-bond donors (Lipinski definition) is 3. The second-order valence-electron chi connectivity index (χ2n) is 4.92. The molecule has 0 spiro atoms. The van der Waals surface area contributed by atoms with E-state index in [1.165, 1.54) is 13.1 Å². The van der Waals surface area contributed by atoms with Crippen molar-refractivity contribution in [2.24, 2.45) is 0 Å². The molecule has 5 heteroatoms. The molecule has 2 rings (SSSR count). The molecule has 3 N–H and O–H groups in total. The van der Waals surface area contributed by atoms with Crippen LogP contribution in [-0.4, -0.2) is 16.0 Å². The summed E-state index contributed by atoms with van der Waals surface area (Å²) in [6.07, 6.45) is 1.43. The van der Waals surface area contributed by atoms with Gasteiger partial charge in [0.15, 0.2) is 0 Å². The molecule has 0 saturated carbocycles. The summed E-state index contributed by atoms with van der Waals surface area (Å²) in [6, 6.07) is 11.2. The van der Waals surface area contributed by atoms with Gasteiger partial charge in [-0.05, 0) is 36.8 Å². The van der Waals surface area contributed by atoms with Gasteiger partial charge in [0.25, 0.3) is 0 Å². The van der Waals surface area contributed by atoms with E-state index in [0.29, 0.717) is 6.54 Å². The zero-order chi connectivity index (χ0) is 15.2. The van der Waals surface area contributed by atoms with Gasteiger partial charge >= 0.3 is 0 Å². The number of rotatable bonds is 5. The number of anilines is 1. The lowest BCUT2D eigenvalue weighted by Gasteiger charge is -2.15. The third kappa shape index (κ3) is 4.57. The highest BCUT2D eigenvalue weighted by Crippen LogP contribution is 2.18. The van der Waals surface area contributed by atoms with Gasteiger partial charge in [0, 0.05) is 25.2 Å². The van der Waals surface area contributed by atoms with Crippen molar-refractivity contribution in [2.75, 3.05) is 5.32 Å². The van der Waals surface area contributed by atoms with Crippen LogP contribution in [0.4, 0.5) is 5.69 Å². The Bertz CT molecular complexity index is 611. The van der Waals surface area contributed by atoms with Crippen molar-refractivity contribution in [1.29, 1.82) is 0 Å². The molecule has 0 radical (unpaired) electrons. The summed E-state index contributed by atoms with van der Waals surface area (Å²) in [5, 5.41) is 15.3. The van der Waals surface area contributed by atoms with Gasteiger partial charge in [-0.3, -0.25) is 9.78 Å². The molecule has 0 fully saturated rings. The molecule has 1 heterocycles. The van der Waals surface area contributed by atoms with Crippen LogP contribution in [0.1, 0.15) is 31.1 Å². The Kier molecular flexibility index (Phi) is 4.90. The lowest BCUT2D eigenvalue weighted by atomic mass is 10.1. The van der Waals surface area contributed by atoms with Crippen LogP contribution < -0.4 is 10.6 Å². The molecule has 110 valence electrons. The van der Waals surface area contributed by atoms with Gasteiger partial charge in [0.1, 0.15) is 5.75 Å². The second kappa shape index (κ2) is 6.85. The number of pyridine rings is 1. The van der Waals surface area contributed by atoms with E-state index in [2.05, 4.69) is 15.6 Å². The number of nitrogens with zero attached hydrogens (tertiary/aromatic N) is 1. The van der Waals surface area contributed by atoms with Gasteiger partial charge in [0.05, 0.1) is 11.9 Å². The SMILES string of the molecule is CC(=O)Nc1cccc(C(C)NCc2ccc(O)cn2)c1. The van der Waals surface area contributed by atoms with Crippen LogP contribution in [0.3, 0.4) is 0 Å². The van der Waals surface area contributed by atoms with E-state index >= 15 is 0 Å². The Hall–Kier alpha value is -2.40. The van der Waals surface area contributed by atoms with E-state index in [9.17, 15) is 9.90 Å². The first-order chi connectivity index (χ1) is 10.0. The summed E-state index contributed by atoms with van der Waals surface area (Å²) in [5.74, 6) is 0.0795. The zero-order valence-corrected chi connectivity index (χ0v) is 12.1. The van der Waals surface area contributed by atoms with Crippen LogP contribution in [0.25, 0.3) is 0 Å². The van der Waals surface area contributed by atoms with Crippen molar-refractivity contribution in [1.82, 2.24) is 10.3 Å². The molecule has 1 aromatic carbocycles. The maximum Gasteiger partial charge on any atom is 0.221 e. The van der Waals surface area contributed by atoms with Crippen molar-refractivity contribution in [3.05, 3.63) is 53.9 Å². The van der Waals surface area contributed by atoms with Crippen LogP contribution in [0.15, 0.2) is 42.6 Å². The van der Waals surface area contributed by atoms with Gasteiger partial charge < -0.3 is 15.7 Å². The normalized spacial score (nSPS) is 11.9. The summed E-state index contributed by atoms with van der Waals surface area (Å²) < 4.78 is 0. The van der Waals surface area contributed by atoms with Gasteiger partial charge in [-0.2, -0.15) is 0 Å². The minimum atomic E-state index is -0.0824. The van der Waals surface area contributed by atoms with Crippen molar-refractivity contribution < 1.29 is 9.90 Å². The van der Waals surface area contributed by atoms with Crippen LogP contribution in [-0.2, 0) is 11.3 Å². The quantitative estimate of drug-likeness (QED) is 0.789. The summed E-state index contributed by atoms with van der Waals surface area (Å²) in [4.78, 5) is 15.2. The smallest absolute Gasteiger partial charge is 0.221 e. The number of carbonyl (C=O) groups excluding carboxylic acids is 1. The molecule has 2 aromatic rings. The highest BCUT2D eigenvalue weighted by atomic mass is 16.3. The second-order valence-corrected chi connectivity index (χ2v) is 4.92.